The molecule has 6 heteroatoms. The zero-order chi connectivity index (χ0) is 19.5. The van der Waals surface area contributed by atoms with Crippen molar-refractivity contribution in [2.24, 2.45) is 5.92 Å². The van der Waals surface area contributed by atoms with Crippen molar-refractivity contribution in [2.75, 3.05) is 19.6 Å². The molecule has 0 radical (unpaired) electrons. The van der Waals surface area contributed by atoms with Crippen LogP contribution in [0, 0.1) is 5.92 Å². The Morgan fingerprint density at radius 1 is 1.00 bits per heavy atom. The predicted octanol–water partition coefficient (Wildman–Crippen LogP) is 2.75. The minimum atomic E-state index is -1.82. The Balaban J connectivity index is 0.000000380. The summed E-state index contributed by atoms with van der Waals surface area (Å²) in [6.07, 6.45) is 11.2. The molecule has 1 heterocycles. The van der Waals surface area contributed by atoms with Crippen LogP contribution in [0.1, 0.15) is 37.7 Å². The van der Waals surface area contributed by atoms with E-state index in [0.29, 0.717) is 0 Å². The fraction of sp³-hybridized carbons (Fsp3) is 0.524. The number of likely N-dealkylation sites (tertiary alicyclic amines) is 1. The van der Waals surface area contributed by atoms with Gasteiger partial charge in [0.15, 0.2) is 0 Å². The highest BCUT2D eigenvalue weighted by Crippen LogP contribution is 2.19. The molecule has 0 saturated carbocycles. The number of allylic oxidation sites excluding steroid dienone is 2. The Labute approximate surface area is 160 Å². The number of rotatable bonds is 5. The number of piperidine rings is 1. The maximum absolute atomic E-state index is 9.10. The molecule has 0 spiro atoms. The van der Waals surface area contributed by atoms with Gasteiger partial charge in [0.1, 0.15) is 0 Å². The Hall–Kier alpha value is -2.18. The lowest BCUT2D eigenvalue weighted by Gasteiger charge is -2.33. The van der Waals surface area contributed by atoms with E-state index in [0.717, 1.165) is 18.5 Å². The molecule has 1 aromatic carbocycles. The van der Waals surface area contributed by atoms with Crippen molar-refractivity contribution in [3.05, 3.63) is 48.0 Å². The van der Waals surface area contributed by atoms with Crippen LogP contribution in [0.4, 0.5) is 0 Å². The SMILES string of the molecule is C1=CCC(CNC2CCN(Cc3ccccc3)CC2)CC1.O=C(O)C(=O)O. The molecule has 0 aromatic heterocycles. The third-order valence-corrected chi connectivity index (χ3v) is 5.09. The topological polar surface area (TPSA) is 89.9 Å². The fourth-order valence-corrected chi connectivity index (χ4v) is 3.51. The van der Waals surface area contributed by atoms with Crippen molar-refractivity contribution in [3.63, 3.8) is 0 Å². The van der Waals surface area contributed by atoms with Crippen molar-refractivity contribution in [1.82, 2.24) is 10.2 Å². The summed E-state index contributed by atoms with van der Waals surface area (Å²) in [5.41, 5.74) is 1.44. The molecule has 1 aromatic rings. The largest absolute Gasteiger partial charge is 0.473 e. The highest BCUT2D eigenvalue weighted by atomic mass is 16.4. The van der Waals surface area contributed by atoms with Gasteiger partial charge in [-0.2, -0.15) is 0 Å². The third kappa shape index (κ3) is 8.37. The summed E-state index contributed by atoms with van der Waals surface area (Å²) < 4.78 is 0. The minimum Gasteiger partial charge on any atom is -0.473 e. The summed E-state index contributed by atoms with van der Waals surface area (Å²) >= 11 is 0. The molecule has 0 bridgehead atoms. The lowest BCUT2D eigenvalue weighted by molar-refractivity contribution is -0.159. The second kappa shape index (κ2) is 11.5. The summed E-state index contributed by atoms with van der Waals surface area (Å²) in [5, 5.41) is 18.6. The quantitative estimate of drug-likeness (QED) is 0.542. The van der Waals surface area contributed by atoms with E-state index in [1.807, 2.05) is 0 Å². The number of benzene rings is 1. The van der Waals surface area contributed by atoms with E-state index in [2.05, 4.69) is 52.7 Å². The Morgan fingerprint density at radius 3 is 2.22 bits per heavy atom. The lowest BCUT2D eigenvalue weighted by Crippen LogP contribution is -2.43. The van der Waals surface area contributed by atoms with E-state index < -0.39 is 11.9 Å². The van der Waals surface area contributed by atoms with Gasteiger partial charge in [-0.1, -0.05) is 42.5 Å². The number of nitrogens with one attached hydrogen (secondary N) is 1. The van der Waals surface area contributed by atoms with Crippen molar-refractivity contribution in [3.8, 4) is 0 Å². The third-order valence-electron chi connectivity index (χ3n) is 5.09. The number of nitrogens with zero attached hydrogens (tertiary/aromatic N) is 1. The molecule has 148 valence electrons. The Morgan fingerprint density at radius 2 is 1.67 bits per heavy atom. The van der Waals surface area contributed by atoms with Crippen LogP contribution < -0.4 is 5.32 Å². The first-order valence-corrected chi connectivity index (χ1v) is 9.65. The van der Waals surface area contributed by atoms with E-state index >= 15 is 0 Å². The van der Waals surface area contributed by atoms with Gasteiger partial charge in [0.05, 0.1) is 0 Å². The van der Waals surface area contributed by atoms with Crippen LogP contribution in [0.5, 0.6) is 0 Å². The number of aliphatic carboxylic acids is 2. The van der Waals surface area contributed by atoms with E-state index in [9.17, 15) is 0 Å². The van der Waals surface area contributed by atoms with Gasteiger partial charge in [0, 0.05) is 12.6 Å². The molecule has 27 heavy (non-hydrogen) atoms. The number of hydrogen-bond donors (Lipinski definition) is 3. The molecule has 1 unspecified atom stereocenters. The molecule has 2 aliphatic rings. The Bertz CT molecular complexity index is 598. The van der Waals surface area contributed by atoms with E-state index in [4.69, 9.17) is 19.8 Å². The first-order chi connectivity index (χ1) is 13.0. The molecule has 0 amide bonds. The van der Waals surface area contributed by atoms with E-state index in [1.165, 1.54) is 57.3 Å². The molecule has 1 aliphatic carbocycles. The molecule has 1 saturated heterocycles. The number of hydrogen-bond acceptors (Lipinski definition) is 4. The molecular formula is C21H30N2O4. The first kappa shape index (κ1) is 21.1. The minimum absolute atomic E-state index is 0.739. The molecule has 1 atom stereocenters. The highest BCUT2D eigenvalue weighted by molar-refractivity contribution is 6.27. The summed E-state index contributed by atoms with van der Waals surface area (Å²) in [4.78, 5) is 20.8. The van der Waals surface area contributed by atoms with Gasteiger partial charge >= 0.3 is 11.9 Å². The van der Waals surface area contributed by atoms with Crippen molar-refractivity contribution < 1.29 is 19.8 Å². The molecular weight excluding hydrogens is 344 g/mol. The van der Waals surface area contributed by atoms with Gasteiger partial charge < -0.3 is 15.5 Å². The van der Waals surface area contributed by atoms with Gasteiger partial charge in [-0.05, 0) is 63.2 Å². The fourth-order valence-electron chi connectivity index (χ4n) is 3.51. The first-order valence-electron chi connectivity index (χ1n) is 9.65. The van der Waals surface area contributed by atoms with Crippen molar-refractivity contribution in [1.29, 1.82) is 0 Å². The zero-order valence-electron chi connectivity index (χ0n) is 15.7. The molecule has 3 N–H and O–H groups in total. The van der Waals surface area contributed by atoms with Crippen LogP contribution >= 0.6 is 0 Å². The summed E-state index contributed by atoms with van der Waals surface area (Å²) in [6.45, 7) is 4.79. The van der Waals surface area contributed by atoms with Crippen LogP contribution in [0.2, 0.25) is 0 Å². The van der Waals surface area contributed by atoms with Gasteiger partial charge in [-0.25, -0.2) is 9.59 Å². The van der Waals surface area contributed by atoms with Gasteiger partial charge in [0.25, 0.3) is 0 Å². The van der Waals surface area contributed by atoms with E-state index in [1.54, 1.807) is 0 Å². The average Bonchev–Trinajstić information content (AvgIpc) is 2.69. The summed E-state index contributed by atoms with van der Waals surface area (Å²) in [5.74, 6) is -2.78. The van der Waals surface area contributed by atoms with Crippen LogP contribution in [0.25, 0.3) is 0 Å². The highest BCUT2D eigenvalue weighted by Gasteiger charge is 2.20. The smallest absolute Gasteiger partial charge is 0.414 e. The van der Waals surface area contributed by atoms with Gasteiger partial charge in [-0.15, -0.1) is 0 Å². The second-order valence-electron chi connectivity index (χ2n) is 7.21. The molecule has 6 nitrogen and oxygen atoms in total. The van der Waals surface area contributed by atoms with Gasteiger partial charge in [-0.3, -0.25) is 4.90 Å². The maximum Gasteiger partial charge on any atom is 0.414 e. The average molecular weight is 374 g/mol. The normalized spacial score (nSPS) is 20.5. The Kier molecular flexibility index (Phi) is 9.01. The van der Waals surface area contributed by atoms with Crippen LogP contribution in [0.3, 0.4) is 0 Å². The summed E-state index contributed by atoms with van der Waals surface area (Å²) in [7, 11) is 0. The maximum atomic E-state index is 9.10. The van der Waals surface area contributed by atoms with Gasteiger partial charge in [0.2, 0.25) is 0 Å². The van der Waals surface area contributed by atoms with Crippen molar-refractivity contribution >= 4 is 11.9 Å². The standard InChI is InChI=1S/C19H28N2.C2H2O4/c1-3-7-17(8-4-1)15-20-19-11-13-21(14-12-19)16-18-9-5-2-6-10-18;3-1(4)2(5)6/h1-3,5-6,9-10,17,19-20H,4,7-8,11-16H2;(H,3,4)(H,5,6). The predicted molar refractivity (Wildman–Crippen MR) is 104 cm³/mol. The second-order valence-corrected chi connectivity index (χ2v) is 7.21. The number of carboxylic acid groups (broad SMARTS) is 2. The number of carboxylic acids is 2. The van der Waals surface area contributed by atoms with E-state index in [-0.39, 0.29) is 0 Å². The molecule has 3 rings (SSSR count). The van der Waals surface area contributed by atoms with Crippen LogP contribution in [-0.4, -0.2) is 52.7 Å². The number of carbonyl (C=O) groups is 2. The summed E-state index contributed by atoms with van der Waals surface area (Å²) in [6, 6.07) is 11.6. The molecule has 1 fully saturated rings. The van der Waals surface area contributed by atoms with Crippen LogP contribution in [0.15, 0.2) is 42.5 Å². The lowest BCUT2D eigenvalue weighted by atomic mass is 9.93. The monoisotopic (exact) mass is 374 g/mol. The zero-order valence-corrected chi connectivity index (χ0v) is 15.7. The van der Waals surface area contributed by atoms with Crippen molar-refractivity contribution in [2.45, 2.75) is 44.7 Å². The van der Waals surface area contributed by atoms with Crippen LogP contribution in [-0.2, 0) is 16.1 Å². The molecule has 1 aliphatic heterocycles.